The van der Waals surface area contributed by atoms with Crippen LogP contribution in [0.1, 0.15) is 31.2 Å². The number of benzene rings is 2. The number of unbranched alkanes of at least 4 members (excludes halogenated alkanes) is 3. The molecule has 1 saturated heterocycles. The topological polar surface area (TPSA) is 6.48 Å². The van der Waals surface area contributed by atoms with E-state index in [1.165, 1.54) is 63.0 Å². The van der Waals surface area contributed by atoms with Crippen molar-refractivity contribution in [3.63, 3.8) is 0 Å². The highest BCUT2D eigenvalue weighted by molar-refractivity contribution is 5.46. The summed E-state index contributed by atoms with van der Waals surface area (Å²) >= 11 is 0. The van der Waals surface area contributed by atoms with Crippen LogP contribution in [-0.2, 0) is 6.42 Å². The lowest BCUT2D eigenvalue weighted by atomic mass is 10.1. The van der Waals surface area contributed by atoms with Gasteiger partial charge in [0, 0.05) is 31.9 Å². The maximum atomic E-state index is 2.64. The van der Waals surface area contributed by atoms with Crippen LogP contribution in [0.4, 0.5) is 5.69 Å². The first-order valence-electron chi connectivity index (χ1n) is 9.48. The maximum Gasteiger partial charge on any atom is 0.0367 e. The summed E-state index contributed by atoms with van der Waals surface area (Å²) in [5.74, 6) is 0. The van der Waals surface area contributed by atoms with Crippen LogP contribution in [0.3, 0.4) is 0 Å². The first kappa shape index (κ1) is 17.0. The van der Waals surface area contributed by atoms with Crippen molar-refractivity contribution in [2.24, 2.45) is 0 Å². The highest BCUT2D eigenvalue weighted by Crippen LogP contribution is 2.16. The molecule has 0 spiro atoms. The lowest BCUT2D eigenvalue weighted by Crippen LogP contribution is -2.46. The molecule has 2 aromatic carbocycles. The average molecular weight is 322 g/mol. The number of piperazine rings is 1. The molecule has 0 saturated carbocycles. The van der Waals surface area contributed by atoms with Crippen LogP contribution in [0.25, 0.3) is 0 Å². The van der Waals surface area contributed by atoms with E-state index in [1.807, 2.05) is 0 Å². The van der Waals surface area contributed by atoms with Gasteiger partial charge in [0.25, 0.3) is 0 Å². The molecule has 1 fully saturated rings. The monoisotopic (exact) mass is 322 g/mol. The molecule has 1 aliphatic rings. The molecule has 0 N–H and O–H groups in total. The molecule has 3 rings (SSSR count). The molecular formula is C22H30N2. The van der Waals surface area contributed by atoms with Gasteiger partial charge in [-0.05, 0) is 43.5 Å². The van der Waals surface area contributed by atoms with Crippen molar-refractivity contribution >= 4 is 5.69 Å². The van der Waals surface area contributed by atoms with Gasteiger partial charge in [0.05, 0.1) is 0 Å². The fourth-order valence-electron chi connectivity index (χ4n) is 3.53. The van der Waals surface area contributed by atoms with Crippen molar-refractivity contribution in [2.75, 3.05) is 37.6 Å². The van der Waals surface area contributed by atoms with Gasteiger partial charge in [-0.15, -0.1) is 0 Å². The van der Waals surface area contributed by atoms with Gasteiger partial charge in [0.1, 0.15) is 0 Å². The van der Waals surface area contributed by atoms with Crippen LogP contribution in [0.5, 0.6) is 0 Å². The summed E-state index contributed by atoms with van der Waals surface area (Å²) in [6.45, 7) is 6.02. The van der Waals surface area contributed by atoms with E-state index in [0.717, 1.165) is 13.1 Å². The Labute approximate surface area is 147 Å². The van der Waals surface area contributed by atoms with E-state index in [9.17, 15) is 0 Å². The highest BCUT2D eigenvalue weighted by Gasteiger charge is 2.16. The largest absolute Gasteiger partial charge is 0.369 e. The van der Waals surface area contributed by atoms with Crippen molar-refractivity contribution in [2.45, 2.75) is 32.1 Å². The van der Waals surface area contributed by atoms with Gasteiger partial charge in [-0.25, -0.2) is 0 Å². The molecule has 0 aliphatic carbocycles. The zero-order chi connectivity index (χ0) is 16.5. The molecular weight excluding hydrogens is 292 g/mol. The quantitative estimate of drug-likeness (QED) is 0.655. The molecule has 0 bridgehead atoms. The summed E-state index contributed by atoms with van der Waals surface area (Å²) in [5.41, 5.74) is 2.85. The Morgan fingerprint density at radius 3 is 1.96 bits per heavy atom. The molecule has 0 unspecified atom stereocenters. The summed E-state index contributed by atoms with van der Waals surface area (Å²) in [6.07, 6.45) is 6.63. The SMILES string of the molecule is c1ccc(CCCCCCN2CCN(c3ccccc3)CC2)cc1. The molecule has 2 nitrogen and oxygen atoms in total. The van der Waals surface area contributed by atoms with Crippen molar-refractivity contribution in [3.8, 4) is 0 Å². The molecule has 128 valence electrons. The molecule has 1 aliphatic heterocycles. The predicted octanol–water partition coefficient (Wildman–Crippen LogP) is 4.61. The molecule has 0 radical (unpaired) electrons. The van der Waals surface area contributed by atoms with Gasteiger partial charge in [0.15, 0.2) is 0 Å². The minimum atomic E-state index is 1.16. The highest BCUT2D eigenvalue weighted by atomic mass is 15.3. The van der Waals surface area contributed by atoms with Crippen LogP contribution in [-0.4, -0.2) is 37.6 Å². The van der Waals surface area contributed by atoms with E-state index >= 15 is 0 Å². The number of nitrogens with zero attached hydrogens (tertiary/aromatic N) is 2. The molecule has 2 aromatic rings. The second-order valence-corrected chi connectivity index (χ2v) is 6.81. The van der Waals surface area contributed by atoms with Gasteiger partial charge in [-0.1, -0.05) is 61.4 Å². The zero-order valence-electron chi connectivity index (χ0n) is 14.7. The van der Waals surface area contributed by atoms with E-state index in [-0.39, 0.29) is 0 Å². The molecule has 0 atom stereocenters. The summed E-state index contributed by atoms with van der Waals surface area (Å²) in [5, 5.41) is 0. The molecule has 0 aromatic heterocycles. The second kappa shape index (κ2) is 9.48. The Bertz CT molecular complexity index is 559. The van der Waals surface area contributed by atoms with Crippen LogP contribution in [0.15, 0.2) is 60.7 Å². The molecule has 0 amide bonds. The van der Waals surface area contributed by atoms with E-state index in [2.05, 4.69) is 70.5 Å². The Morgan fingerprint density at radius 1 is 0.625 bits per heavy atom. The standard InChI is InChI=1S/C22H30N2/c1(5-11-21-12-6-3-7-13-21)2-10-16-23-17-19-24(20-18-23)22-14-8-4-9-15-22/h3-4,6-9,12-15H,1-2,5,10-11,16-20H2. The van der Waals surface area contributed by atoms with Gasteiger partial charge in [-0.2, -0.15) is 0 Å². The third-order valence-electron chi connectivity index (χ3n) is 5.03. The molecule has 2 heteroatoms. The van der Waals surface area contributed by atoms with Gasteiger partial charge < -0.3 is 4.90 Å². The maximum absolute atomic E-state index is 2.64. The first-order chi connectivity index (χ1) is 11.9. The summed E-state index contributed by atoms with van der Waals surface area (Å²) in [4.78, 5) is 5.15. The molecule has 24 heavy (non-hydrogen) atoms. The lowest BCUT2D eigenvalue weighted by Gasteiger charge is -2.36. The predicted molar refractivity (Wildman–Crippen MR) is 104 cm³/mol. The van der Waals surface area contributed by atoms with Crippen molar-refractivity contribution in [3.05, 3.63) is 66.2 Å². The lowest BCUT2D eigenvalue weighted by molar-refractivity contribution is 0.252. The third-order valence-corrected chi connectivity index (χ3v) is 5.03. The van der Waals surface area contributed by atoms with Crippen LogP contribution < -0.4 is 4.90 Å². The van der Waals surface area contributed by atoms with Crippen molar-refractivity contribution in [1.29, 1.82) is 0 Å². The Morgan fingerprint density at radius 2 is 1.25 bits per heavy atom. The Balaban J connectivity index is 1.25. The van der Waals surface area contributed by atoms with Gasteiger partial charge in [-0.3, -0.25) is 4.90 Å². The van der Waals surface area contributed by atoms with E-state index in [0.29, 0.717) is 0 Å². The summed E-state index contributed by atoms with van der Waals surface area (Å²) < 4.78 is 0. The smallest absolute Gasteiger partial charge is 0.0367 e. The number of anilines is 1. The average Bonchev–Trinajstić information content (AvgIpc) is 2.67. The van der Waals surface area contributed by atoms with E-state index in [4.69, 9.17) is 0 Å². The number of para-hydroxylation sites is 1. The zero-order valence-corrected chi connectivity index (χ0v) is 14.7. The second-order valence-electron chi connectivity index (χ2n) is 6.81. The third kappa shape index (κ3) is 5.38. The van der Waals surface area contributed by atoms with E-state index in [1.54, 1.807) is 0 Å². The summed E-state index contributed by atoms with van der Waals surface area (Å²) in [7, 11) is 0. The van der Waals surface area contributed by atoms with Crippen molar-refractivity contribution in [1.82, 2.24) is 4.90 Å². The fraction of sp³-hybridized carbons (Fsp3) is 0.455. The van der Waals surface area contributed by atoms with Crippen molar-refractivity contribution < 1.29 is 0 Å². The Kier molecular flexibility index (Phi) is 6.73. The normalized spacial score (nSPS) is 15.6. The minimum Gasteiger partial charge on any atom is -0.369 e. The van der Waals surface area contributed by atoms with Gasteiger partial charge >= 0.3 is 0 Å². The fourth-order valence-corrected chi connectivity index (χ4v) is 3.53. The van der Waals surface area contributed by atoms with Gasteiger partial charge in [0.2, 0.25) is 0 Å². The minimum absolute atomic E-state index is 1.16. The number of hydrogen-bond acceptors (Lipinski definition) is 2. The van der Waals surface area contributed by atoms with Crippen LogP contribution in [0.2, 0.25) is 0 Å². The number of rotatable bonds is 8. The molecule has 1 heterocycles. The van der Waals surface area contributed by atoms with Crippen LogP contribution >= 0.6 is 0 Å². The van der Waals surface area contributed by atoms with Crippen LogP contribution in [0, 0.1) is 0 Å². The summed E-state index contributed by atoms with van der Waals surface area (Å²) in [6, 6.07) is 21.7. The number of aryl methyl sites for hydroxylation is 1. The van der Waals surface area contributed by atoms with E-state index < -0.39 is 0 Å². The Hall–Kier alpha value is -1.80. The number of hydrogen-bond donors (Lipinski definition) is 0. The first-order valence-corrected chi connectivity index (χ1v) is 9.48.